The van der Waals surface area contributed by atoms with Crippen LogP contribution >= 0.6 is 11.3 Å². The predicted molar refractivity (Wildman–Crippen MR) is 289 cm³/mol. The molecule has 0 atom stereocenters. The van der Waals surface area contributed by atoms with Gasteiger partial charge in [-0.05, 0) is 147 Å². The third-order valence-electron chi connectivity index (χ3n) is 14.7. The first-order chi connectivity index (χ1) is 33.7. The number of hydrogen-bond donors (Lipinski definition) is 0. The van der Waals surface area contributed by atoms with Crippen molar-refractivity contribution in [2.24, 2.45) is 0 Å². The van der Waals surface area contributed by atoms with E-state index in [9.17, 15) is 0 Å². The molecule has 14 rings (SSSR count). The average molecular weight is 879 g/mol. The molecule has 2 aliphatic carbocycles. The third-order valence-corrected chi connectivity index (χ3v) is 15.8. The van der Waals surface area contributed by atoms with Gasteiger partial charge in [0.1, 0.15) is 0 Å². The van der Waals surface area contributed by atoms with Gasteiger partial charge in [-0.1, -0.05) is 218 Å². The highest BCUT2D eigenvalue weighted by Crippen LogP contribution is 2.65. The van der Waals surface area contributed by atoms with E-state index in [0.717, 1.165) is 0 Å². The van der Waals surface area contributed by atoms with Crippen molar-refractivity contribution < 1.29 is 0 Å². The molecule has 0 saturated heterocycles. The molecular formula is C67H42S. The van der Waals surface area contributed by atoms with Crippen molar-refractivity contribution in [1.29, 1.82) is 0 Å². The van der Waals surface area contributed by atoms with E-state index in [1.54, 1.807) is 0 Å². The van der Waals surface area contributed by atoms with Gasteiger partial charge in [-0.15, -0.1) is 11.3 Å². The molecule has 0 radical (unpaired) electrons. The molecule has 2 aliphatic rings. The number of benzene rings is 11. The van der Waals surface area contributed by atoms with E-state index in [0.29, 0.717) is 0 Å². The molecule has 0 saturated carbocycles. The first kappa shape index (κ1) is 38.9. The van der Waals surface area contributed by atoms with E-state index in [1.807, 2.05) is 11.3 Å². The topological polar surface area (TPSA) is 0 Å². The van der Waals surface area contributed by atoms with Crippen molar-refractivity contribution in [2.45, 2.75) is 5.41 Å². The molecule has 1 aromatic heterocycles. The number of rotatable bonds is 6. The largest absolute Gasteiger partial charge is 0.135 e. The molecule has 0 unspecified atom stereocenters. The zero-order chi connectivity index (χ0) is 44.8. The summed E-state index contributed by atoms with van der Waals surface area (Å²) in [5.41, 5.74) is 22.3. The standard InChI is InChI=1S/C67H42S/c1-2-17-44(18-3-1)46-20-14-22-48(41-46)57(39-43-35-38-64-58(40-43)55-29-10-13-34-63(55)68-64)49-23-15-21-47(42-49)50-24-6-7-26-52(50)56-30-16-33-61-66(56)65-51-25-5-4-19-45(51)36-37-62(65)67(61)59-31-11-8-27-53(59)54-28-9-12-32-60(54)67/h1-42H/b57-39+. The Morgan fingerprint density at radius 2 is 0.882 bits per heavy atom. The fourth-order valence-electron chi connectivity index (χ4n) is 11.8. The third kappa shape index (κ3) is 5.79. The molecule has 0 aliphatic heterocycles. The lowest BCUT2D eigenvalue weighted by molar-refractivity contribution is 0.794. The Morgan fingerprint density at radius 3 is 1.68 bits per heavy atom. The van der Waals surface area contributed by atoms with Crippen LogP contribution < -0.4 is 0 Å². The lowest BCUT2D eigenvalue weighted by Gasteiger charge is -2.30. The number of fused-ring (bicyclic) bond motifs is 15. The van der Waals surface area contributed by atoms with Crippen molar-refractivity contribution in [2.75, 3.05) is 0 Å². The van der Waals surface area contributed by atoms with Crippen molar-refractivity contribution in [1.82, 2.24) is 0 Å². The summed E-state index contributed by atoms with van der Waals surface area (Å²) in [6.07, 6.45) is 2.39. The summed E-state index contributed by atoms with van der Waals surface area (Å²) in [7, 11) is 0. The van der Waals surface area contributed by atoms with Crippen molar-refractivity contribution >= 4 is 53.9 Å². The zero-order valence-corrected chi connectivity index (χ0v) is 38.0. The van der Waals surface area contributed by atoms with Gasteiger partial charge in [-0.25, -0.2) is 0 Å². The first-order valence-electron chi connectivity index (χ1n) is 23.6. The zero-order valence-electron chi connectivity index (χ0n) is 37.2. The summed E-state index contributed by atoms with van der Waals surface area (Å²) in [5, 5.41) is 5.16. The average Bonchev–Trinajstić information content (AvgIpc) is 4.05. The van der Waals surface area contributed by atoms with Gasteiger partial charge in [0.15, 0.2) is 0 Å². The van der Waals surface area contributed by atoms with Crippen LogP contribution in [-0.4, -0.2) is 0 Å². The summed E-state index contributed by atoms with van der Waals surface area (Å²) < 4.78 is 2.63. The summed E-state index contributed by atoms with van der Waals surface area (Å²) in [4.78, 5) is 0. The van der Waals surface area contributed by atoms with Gasteiger partial charge >= 0.3 is 0 Å². The Bertz CT molecular complexity index is 3990. The smallest absolute Gasteiger partial charge is 0.0725 e. The Kier molecular flexibility index (Phi) is 8.78. The quantitative estimate of drug-likeness (QED) is 0.146. The maximum Gasteiger partial charge on any atom is 0.0725 e. The first-order valence-corrected chi connectivity index (χ1v) is 24.4. The minimum atomic E-state index is -0.445. The van der Waals surface area contributed by atoms with E-state index < -0.39 is 5.41 Å². The Hall–Kier alpha value is -8.36. The molecule has 316 valence electrons. The lowest BCUT2D eigenvalue weighted by Crippen LogP contribution is -2.25. The lowest BCUT2D eigenvalue weighted by atomic mass is 9.70. The van der Waals surface area contributed by atoms with Crippen LogP contribution in [0.2, 0.25) is 0 Å². The molecule has 0 N–H and O–H groups in total. The fourth-order valence-corrected chi connectivity index (χ4v) is 12.9. The van der Waals surface area contributed by atoms with Crippen molar-refractivity contribution in [3.63, 3.8) is 0 Å². The second kappa shape index (κ2) is 15.4. The van der Waals surface area contributed by atoms with Crippen molar-refractivity contribution in [3.05, 3.63) is 288 Å². The molecular weight excluding hydrogens is 837 g/mol. The van der Waals surface area contributed by atoms with E-state index in [2.05, 4.69) is 255 Å². The Balaban J connectivity index is 0.977. The molecule has 12 aromatic rings. The van der Waals surface area contributed by atoms with Gasteiger partial charge in [0.05, 0.1) is 5.41 Å². The van der Waals surface area contributed by atoms with Crippen LogP contribution in [0.1, 0.15) is 38.9 Å². The van der Waals surface area contributed by atoms with E-state index in [4.69, 9.17) is 0 Å². The van der Waals surface area contributed by atoms with Crippen LogP contribution in [0.15, 0.2) is 249 Å². The molecule has 1 heterocycles. The molecule has 0 bridgehead atoms. The van der Waals surface area contributed by atoms with Gasteiger partial charge in [-0.2, -0.15) is 0 Å². The molecule has 1 spiro atoms. The normalized spacial score (nSPS) is 13.2. The van der Waals surface area contributed by atoms with Crippen molar-refractivity contribution in [3.8, 4) is 55.6 Å². The maximum absolute atomic E-state index is 2.43. The van der Waals surface area contributed by atoms with Crippen LogP contribution in [0.25, 0.3) is 98.2 Å². The predicted octanol–water partition coefficient (Wildman–Crippen LogP) is 18.1. The SMILES string of the molecule is C(=C(/c1cccc(-c2ccccc2)c1)c1cccc(-c2ccccc2-c2cccc3c2-c2c(ccc4ccccc24)C32c3ccccc3-c3ccccc32)c1)/c1ccc2sc3ccccc3c2c1. The summed E-state index contributed by atoms with van der Waals surface area (Å²) >= 11 is 1.86. The van der Waals surface area contributed by atoms with Crippen LogP contribution in [0, 0.1) is 0 Å². The highest BCUT2D eigenvalue weighted by atomic mass is 32.1. The van der Waals surface area contributed by atoms with Gasteiger partial charge in [0, 0.05) is 20.2 Å². The minimum absolute atomic E-state index is 0.445. The van der Waals surface area contributed by atoms with Gasteiger partial charge in [0.2, 0.25) is 0 Å². The monoisotopic (exact) mass is 878 g/mol. The van der Waals surface area contributed by atoms with Gasteiger partial charge in [0.25, 0.3) is 0 Å². The fraction of sp³-hybridized carbons (Fsp3) is 0.0149. The molecule has 0 fully saturated rings. The molecule has 11 aromatic carbocycles. The summed E-state index contributed by atoms with van der Waals surface area (Å²) in [6.45, 7) is 0. The van der Waals surface area contributed by atoms with Gasteiger partial charge < -0.3 is 0 Å². The molecule has 1 heteroatoms. The highest BCUT2D eigenvalue weighted by Gasteiger charge is 2.52. The highest BCUT2D eigenvalue weighted by molar-refractivity contribution is 7.25. The number of hydrogen-bond acceptors (Lipinski definition) is 1. The van der Waals surface area contributed by atoms with E-state index >= 15 is 0 Å². The second-order valence-electron chi connectivity index (χ2n) is 18.3. The summed E-state index contributed by atoms with van der Waals surface area (Å²) in [6, 6.07) is 92.8. The van der Waals surface area contributed by atoms with Crippen LogP contribution in [0.3, 0.4) is 0 Å². The van der Waals surface area contributed by atoms with E-state index in [-0.39, 0.29) is 0 Å². The molecule has 68 heavy (non-hydrogen) atoms. The maximum atomic E-state index is 2.43. The second-order valence-corrected chi connectivity index (χ2v) is 19.3. The molecule has 0 nitrogen and oxygen atoms in total. The van der Waals surface area contributed by atoms with Crippen LogP contribution in [0.5, 0.6) is 0 Å². The van der Waals surface area contributed by atoms with Crippen LogP contribution in [-0.2, 0) is 5.41 Å². The minimum Gasteiger partial charge on any atom is -0.135 e. The van der Waals surface area contributed by atoms with E-state index in [1.165, 1.54) is 131 Å². The van der Waals surface area contributed by atoms with Crippen LogP contribution in [0.4, 0.5) is 0 Å². The number of thiophene rings is 1. The van der Waals surface area contributed by atoms with Gasteiger partial charge in [-0.3, -0.25) is 0 Å². The molecule has 0 amide bonds. The summed E-state index contributed by atoms with van der Waals surface area (Å²) in [5.74, 6) is 0. The Labute approximate surface area is 400 Å². The Morgan fingerprint density at radius 1 is 0.324 bits per heavy atom.